The fourth-order valence-corrected chi connectivity index (χ4v) is 4.36. The molecule has 0 radical (unpaired) electrons. The van der Waals surface area contributed by atoms with Gasteiger partial charge >= 0.3 is 0 Å². The predicted octanol–water partition coefficient (Wildman–Crippen LogP) is 0.0259. The van der Waals surface area contributed by atoms with Crippen LogP contribution in [0.4, 0.5) is 0 Å². The van der Waals surface area contributed by atoms with E-state index in [9.17, 15) is 30.0 Å². The highest BCUT2D eigenvalue weighted by Gasteiger charge is 2.44. The van der Waals surface area contributed by atoms with Crippen molar-refractivity contribution in [3.05, 3.63) is 83.9 Å². The summed E-state index contributed by atoms with van der Waals surface area (Å²) in [6, 6.07) is 20.2. The van der Waals surface area contributed by atoms with E-state index in [0.717, 1.165) is 21.9 Å². The van der Waals surface area contributed by atoms with Crippen LogP contribution in [0.2, 0.25) is 0 Å². The molecule has 1 fully saturated rings. The lowest BCUT2D eigenvalue weighted by Crippen LogP contribution is -2.65. The smallest absolute Gasteiger partial charge is 0.243 e. The summed E-state index contributed by atoms with van der Waals surface area (Å²) >= 11 is 0. The van der Waals surface area contributed by atoms with E-state index in [1.54, 1.807) is 0 Å². The number of amides is 2. The zero-order valence-corrected chi connectivity index (χ0v) is 19.5. The molecule has 190 valence electrons. The van der Waals surface area contributed by atoms with Crippen LogP contribution < -0.4 is 10.6 Å². The molecular formula is C27H30N2O7. The van der Waals surface area contributed by atoms with Crippen molar-refractivity contribution in [3.63, 3.8) is 0 Å². The molecule has 36 heavy (non-hydrogen) atoms. The van der Waals surface area contributed by atoms with Crippen molar-refractivity contribution in [2.75, 3.05) is 6.61 Å². The third-order valence-electron chi connectivity index (χ3n) is 6.32. The van der Waals surface area contributed by atoms with E-state index in [4.69, 9.17) is 4.74 Å². The Hall–Kier alpha value is -3.34. The third kappa shape index (κ3) is 6.07. The molecule has 0 aromatic heterocycles. The second-order valence-electron chi connectivity index (χ2n) is 8.93. The van der Waals surface area contributed by atoms with Crippen molar-refractivity contribution < 1.29 is 34.8 Å². The minimum atomic E-state index is -1.66. The summed E-state index contributed by atoms with van der Waals surface area (Å²) in [6.07, 6.45) is -5.73. The standard InChI is InChI=1S/C27H30N2O7/c30-15-21-24(32)25(33)23(27(35)36-21)29-26(34)20(13-16-6-2-1-3-7-16)28-22(31)14-17-10-11-18-8-4-5-9-19(18)12-17/h1-12,20-21,23-25,27,30,32-33,35H,13-15H2,(H,28,31)(H,29,34)/t20-,21+,23?,24+,25+,27?/m0/s1. The molecule has 0 bridgehead atoms. The maximum absolute atomic E-state index is 13.2. The number of rotatable bonds is 8. The molecule has 0 saturated carbocycles. The summed E-state index contributed by atoms with van der Waals surface area (Å²) in [6.45, 7) is -0.614. The lowest BCUT2D eigenvalue weighted by atomic mass is 9.96. The highest BCUT2D eigenvalue weighted by Crippen LogP contribution is 2.20. The first kappa shape index (κ1) is 25.7. The van der Waals surface area contributed by atoms with Crippen molar-refractivity contribution in [1.82, 2.24) is 10.6 Å². The van der Waals surface area contributed by atoms with E-state index in [1.165, 1.54) is 0 Å². The van der Waals surface area contributed by atoms with Crippen LogP contribution in [0.15, 0.2) is 72.8 Å². The maximum atomic E-state index is 13.2. The molecule has 9 heteroatoms. The number of ether oxygens (including phenoxy) is 1. The van der Waals surface area contributed by atoms with Gasteiger partial charge in [0.15, 0.2) is 6.29 Å². The SMILES string of the molecule is O=C(Cc1ccc2ccccc2c1)N[C@@H](Cc1ccccc1)C(=O)NC1C(O)O[C@H](CO)[C@@H](O)[C@@H]1O. The Labute approximate surface area is 208 Å². The number of fused-ring (bicyclic) bond motifs is 1. The van der Waals surface area contributed by atoms with Crippen LogP contribution in [0.25, 0.3) is 10.8 Å². The van der Waals surface area contributed by atoms with Gasteiger partial charge in [0.1, 0.15) is 30.4 Å². The largest absolute Gasteiger partial charge is 0.394 e. The molecule has 0 aliphatic carbocycles. The van der Waals surface area contributed by atoms with Crippen molar-refractivity contribution in [3.8, 4) is 0 Å². The summed E-state index contributed by atoms with van der Waals surface area (Å²) in [5.41, 5.74) is 1.58. The number of aliphatic hydroxyl groups excluding tert-OH is 4. The fourth-order valence-electron chi connectivity index (χ4n) is 4.36. The molecular weight excluding hydrogens is 464 g/mol. The topological polar surface area (TPSA) is 148 Å². The van der Waals surface area contributed by atoms with Gasteiger partial charge in [-0.05, 0) is 21.9 Å². The second kappa shape index (κ2) is 11.6. The summed E-state index contributed by atoms with van der Waals surface area (Å²) in [5.74, 6) is -1.03. The molecule has 3 aromatic rings. The van der Waals surface area contributed by atoms with Gasteiger partial charge in [-0.2, -0.15) is 0 Å². The molecule has 0 spiro atoms. The van der Waals surface area contributed by atoms with Crippen LogP contribution in [0.1, 0.15) is 11.1 Å². The van der Waals surface area contributed by atoms with E-state index < -0.39 is 49.2 Å². The summed E-state index contributed by atoms with van der Waals surface area (Å²) in [4.78, 5) is 26.1. The van der Waals surface area contributed by atoms with Crippen molar-refractivity contribution in [1.29, 1.82) is 0 Å². The lowest BCUT2D eigenvalue weighted by Gasteiger charge is -2.40. The quantitative estimate of drug-likeness (QED) is 0.259. The number of hydrogen-bond donors (Lipinski definition) is 6. The van der Waals surface area contributed by atoms with Gasteiger partial charge in [0.05, 0.1) is 13.0 Å². The van der Waals surface area contributed by atoms with Gasteiger partial charge in [-0.15, -0.1) is 0 Å². The summed E-state index contributed by atoms with van der Waals surface area (Å²) in [5, 5.41) is 47.3. The van der Waals surface area contributed by atoms with Crippen LogP contribution >= 0.6 is 0 Å². The molecule has 3 aromatic carbocycles. The van der Waals surface area contributed by atoms with Crippen molar-refractivity contribution in [2.45, 2.75) is 49.5 Å². The van der Waals surface area contributed by atoms with Crippen molar-refractivity contribution in [2.24, 2.45) is 0 Å². The number of carbonyl (C=O) groups excluding carboxylic acids is 2. The van der Waals surface area contributed by atoms with Gasteiger partial charge in [-0.1, -0.05) is 72.8 Å². The van der Waals surface area contributed by atoms with Gasteiger partial charge in [0.2, 0.25) is 11.8 Å². The molecule has 2 amide bonds. The van der Waals surface area contributed by atoms with E-state index >= 15 is 0 Å². The second-order valence-corrected chi connectivity index (χ2v) is 8.93. The Morgan fingerprint density at radius 1 is 0.861 bits per heavy atom. The number of carbonyl (C=O) groups is 2. The van der Waals surface area contributed by atoms with Gasteiger partial charge in [-0.25, -0.2) is 0 Å². The number of nitrogens with one attached hydrogen (secondary N) is 2. The Balaban J connectivity index is 1.48. The first-order valence-corrected chi connectivity index (χ1v) is 11.8. The lowest BCUT2D eigenvalue weighted by molar-refractivity contribution is -0.254. The van der Waals surface area contributed by atoms with Gasteiger partial charge in [0.25, 0.3) is 0 Å². The third-order valence-corrected chi connectivity index (χ3v) is 6.32. The van der Waals surface area contributed by atoms with Crippen molar-refractivity contribution >= 4 is 22.6 Å². The Morgan fingerprint density at radius 2 is 1.56 bits per heavy atom. The van der Waals surface area contributed by atoms with Crippen LogP contribution in [0, 0.1) is 0 Å². The highest BCUT2D eigenvalue weighted by atomic mass is 16.6. The minimum absolute atomic E-state index is 0.0537. The molecule has 1 aliphatic heterocycles. The molecule has 1 heterocycles. The molecule has 1 aliphatic rings. The van der Waals surface area contributed by atoms with E-state index in [0.29, 0.717) is 0 Å². The zero-order valence-electron chi connectivity index (χ0n) is 19.5. The fraction of sp³-hybridized carbons (Fsp3) is 0.333. The van der Waals surface area contributed by atoms with Crippen LogP contribution in [-0.2, 0) is 27.2 Å². The number of aliphatic hydroxyl groups is 4. The first-order chi connectivity index (χ1) is 17.4. The summed E-state index contributed by atoms with van der Waals surface area (Å²) < 4.78 is 5.12. The van der Waals surface area contributed by atoms with E-state index in [2.05, 4.69) is 10.6 Å². The van der Waals surface area contributed by atoms with E-state index in [1.807, 2.05) is 72.8 Å². The van der Waals surface area contributed by atoms with Crippen LogP contribution in [0.5, 0.6) is 0 Å². The number of hydrogen-bond acceptors (Lipinski definition) is 7. The molecule has 6 N–H and O–H groups in total. The highest BCUT2D eigenvalue weighted by molar-refractivity contribution is 5.90. The van der Waals surface area contributed by atoms with Crippen LogP contribution in [0.3, 0.4) is 0 Å². The zero-order chi connectivity index (χ0) is 25.7. The number of benzene rings is 3. The average molecular weight is 495 g/mol. The first-order valence-electron chi connectivity index (χ1n) is 11.8. The molecule has 9 nitrogen and oxygen atoms in total. The van der Waals surface area contributed by atoms with E-state index in [-0.39, 0.29) is 18.7 Å². The normalized spacial score (nSPS) is 24.7. The predicted molar refractivity (Wildman–Crippen MR) is 132 cm³/mol. The van der Waals surface area contributed by atoms with Gasteiger partial charge < -0.3 is 35.8 Å². The molecule has 1 saturated heterocycles. The molecule has 6 atom stereocenters. The summed E-state index contributed by atoms with van der Waals surface area (Å²) in [7, 11) is 0. The molecule has 4 rings (SSSR count). The molecule has 2 unspecified atom stereocenters. The maximum Gasteiger partial charge on any atom is 0.243 e. The average Bonchev–Trinajstić information content (AvgIpc) is 2.88. The Bertz CT molecular complexity index is 1190. The minimum Gasteiger partial charge on any atom is -0.394 e. The monoisotopic (exact) mass is 494 g/mol. The van der Waals surface area contributed by atoms with Crippen LogP contribution in [-0.4, -0.2) is 75.5 Å². The Morgan fingerprint density at radius 3 is 2.28 bits per heavy atom. The van der Waals surface area contributed by atoms with Gasteiger partial charge in [0, 0.05) is 6.42 Å². The Kier molecular flexibility index (Phi) is 8.29. The van der Waals surface area contributed by atoms with Gasteiger partial charge in [-0.3, -0.25) is 9.59 Å².